The Morgan fingerprint density at radius 2 is 2.16 bits per heavy atom. The van der Waals surface area contributed by atoms with Crippen molar-refractivity contribution in [3.05, 3.63) is 34.6 Å². The normalized spacial score (nSPS) is 12.4. The third kappa shape index (κ3) is 5.29. The minimum Gasteiger partial charge on any atom is -0.330 e. The maximum atomic E-state index is 13.6. The van der Waals surface area contributed by atoms with Gasteiger partial charge in [0.1, 0.15) is 11.6 Å². The molecule has 1 rings (SSSR count). The molecule has 0 amide bonds. The van der Waals surface area contributed by atoms with Gasteiger partial charge >= 0.3 is 0 Å². The van der Waals surface area contributed by atoms with Crippen molar-refractivity contribution in [1.29, 1.82) is 0 Å². The number of hydrogen-bond acceptors (Lipinski definition) is 2. The highest BCUT2D eigenvalue weighted by molar-refractivity contribution is 6.30. The first-order valence-electron chi connectivity index (χ1n) is 6.73. The van der Waals surface area contributed by atoms with E-state index in [1.165, 1.54) is 6.07 Å². The summed E-state index contributed by atoms with van der Waals surface area (Å²) in [6.45, 7) is 2.75. The first-order chi connectivity index (χ1) is 9.08. The largest absolute Gasteiger partial charge is 0.330 e. The third-order valence-electron chi connectivity index (χ3n) is 3.40. The van der Waals surface area contributed by atoms with Crippen LogP contribution in [-0.4, -0.2) is 12.3 Å². The van der Waals surface area contributed by atoms with E-state index in [9.17, 15) is 9.18 Å². The molecule has 1 aromatic carbocycles. The van der Waals surface area contributed by atoms with Crippen molar-refractivity contribution in [2.24, 2.45) is 11.7 Å². The number of Topliss-reactive ketones (excluding diaryl/α,β-unsaturated/α-hetero) is 1. The van der Waals surface area contributed by atoms with E-state index >= 15 is 0 Å². The van der Waals surface area contributed by atoms with Crippen molar-refractivity contribution >= 4 is 17.4 Å². The molecule has 0 fully saturated rings. The molecule has 2 N–H and O–H groups in total. The molecule has 0 aliphatic carbocycles. The van der Waals surface area contributed by atoms with E-state index in [1.807, 2.05) is 0 Å². The molecule has 0 heterocycles. The maximum absolute atomic E-state index is 13.6. The van der Waals surface area contributed by atoms with Gasteiger partial charge in [-0.1, -0.05) is 37.1 Å². The van der Waals surface area contributed by atoms with Crippen LogP contribution in [0, 0.1) is 11.7 Å². The van der Waals surface area contributed by atoms with E-state index in [-0.39, 0.29) is 17.2 Å². The third-order valence-corrected chi connectivity index (χ3v) is 3.69. The summed E-state index contributed by atoms with van der Waals surface area (Å²) in [4.78, 5) is 11.9. The molecule has 19 heavy (non-hydrogen) atoms. The first kappa shape index (κ1) is 16.1. The number of ketones is 1. The second-order valence-electron chi connectivity index (χ2n) is 4.82. The van der Waals surface area contributed by atoms with Gasteiger partial charge in [-0.2, -0.15) is 0 Å². The van der Waals surface area contributed by atoms with Gasteiger partial charge in [-0.05, 0) is 36.9 Å². The molecule has 106 valence electrons. The summed E-state index contributed by atoms with van der Waals surface area (Å²) in [5.74, 6) is 0.0568. The van der Waals surface area contributed by atoms with Crippen molar-refractivity contribution < 1.29 is 9.18 Å². The summed E-state index contributed by atoms with van der Waals surface area (Å²) in [6.07, 6.45) is 3.38. The van der Waals surface area contributed by atoms with Crippen molar-refractivity contribution in [3.63, 3.8) is 0 Å². The summed E-state index contributed by atoms with van der Waals surface area (Å²) in [6, 6.07) is 4.76. The van der Waals surface area contributed by atoms with Gasteiger partial charge in [0.15, 0.2) is 0 Å². The van der Waals surface area contributed by atoms with Crippen LogP contribution >= 0.6 is 11.6 Å². The van der Waals surface area contributed by atoms with Crippen LogP contribution < -0.4 is 5.73 Å². The molecule has 1 atom stereocenters. The van der Waals surface area contributed by atoms with E-state index in [0.29, 0.717) is 24.4 Å². The number of carbonyl (C=O) groups excluding carboxylic acids is 1. The van der Waals surface area contributed by atoms with Gasteiger partial charge in [-0.3, -0.25) is 4.79 Å². The molecule has 0 radical (unpaired) electrons. The number of hydrogen-bond donors (Lipinski definition) is 1. The van der Waals surface area contributed by atoms with Gasteiger partial charge < -0.3 is 5.73 Å². The van der Waals surface area contributed by atoms with E-state index < -0.39 is 5.82 Å². The van der Waals surface area contributed by atoms with Crippen LogP contribution in [0.1, 0.15) is 38.2 Å². The van der Waals surface area contributed by atoms with Gasteiger partial charge in [0.2, 0.25) is 0 Å². The fourth-order valence-electron chi connectivity index (χ4n) is 2.14. The summed E-state index contributed by atoms with van der Waals surface area (Å²) < 4.78 is 13.6. The average Bonchev–Trinajstić information content (AvgIpc) is 2.40. The van der Waals surface area contributed by atoms with Crippen LogP contribution in [0.4, 0.5) is 4.39 Å². The average molecular weight is 286 g/mol. The van der Waals surface area contributed by atoms with Crippen LogP contribution in [-0.2, 0) is 11.2 Å². The van der Waals surface area contributed by atoms with E-state index in [1.54, 1.807) is 12.1 Å². The zero-order valence-corrected chi connectivity index (χ0v) is 12.0. The molecular formula is C15H21ClFNO. The predicted molar refractivity (Wildman–Crippen MR) is 76.8 cm³/mol. The Labute approximate surface area is 119 Å². The SMILES string of the molecule is CCC(CCN)CCC(=O)Cc1cccc(Cl)c1F. The lowest BCUT2D eigenvalue weighted by Crippen LogP contribution is -2.11. The lowest BCUT2D eigenvalue weighted by atomic mass is 9.94. The molecule has 0 bridgehead atoms. The summed E-state index contributed by atoms with van der Waals surface area (Å²) in [5, 5.41) is 0.0693. The molecular weight excluding hydrogens is 265 g/mol. The number of benzene rings is 1. The molecule has 0 spiro atoms. The van der Waals surface area contributed by atoms with Gasteiger partial charge in [-0.25, -0.2) is 4.39 Å². The van der Waals surface area contributed by atoms with E-state index in [4.69, 9.17) is 17.3 Å². The lowest BCUT2D eigenvalue weighted by Gasteiger charge is -2.12. The molecule has 1 unspecified atom stereocenters. The number of nitrogens with two attached hydrogens (primary N) is 1. The minimum atomic E-state index is -0.480. The Balaban J connectivity index is 2.49. The Morgan fingerprint density at radius 1 is 1.42 bits per heavy atom. The summed E-state index contributed by atoms with van der Waals surface area (Å²) in [7, 11) is 0. The highest BCUT2D eigenvalue weighted by Gasteiger charge is 2.13. The molecule has 0 saturated heterocycles. The van der Waals surface area contributed by atoms with Crippen LogP contribution in [0.15, 0.2) is 18.2 Å². The monoisotopic (exact) mass is 285 g/mol. The fraction of sp³-hybridized carbons (Fsp3) is 0.533. The molecule has 0 aromatic heterocycles. The molecule has 0 aliphatic heterocycles. The van der Waals surface area contributed by atoms with Crippen LogP contribution in [0.5, 0.6) is 0 Å². The standard InChI is InChI=1S/C15H21ClFNO/c1-2-11(8-9-18)6-7-13(19)10-12-4-3-5-14(16)15(12)17/h3-5,11H,2,6-10,18H2,1H3. The highest BCUT2D eigenvalue weighted by Crippen LogP contribution is 2.20. The maximum Gasteiger partial charge on any atom is 0.145 e. The predicted octanol–water partition coefficient (Wildman–Crippen LogP) is 3.75. The zero-order chi connectivity index (χ0) is 14.3. The molecule has 0 aliphatic rings. The van der Waals surface area contributed by atoms with Gasteiger partial charge in [0.05, 0.1) is 5.02 Å². The number of halogens is 2. The molecule has 4 heteroatoms. The van der Waals surface area contributed by atoms with E-state index in [2.05, 4.69) is 6.92 Å². The number of carbonyl (C=O) groups is 1. The van der Waals surface area contributed by atoms with Gasteiger partial charge in [0, 0.05) is 12.8 Å². The van der Waals surface area contributed by atoms with Crippen LogP contribution in [0.2, 0.25) is 5.02 Å². The Morgan fingerprint density at radius 3 is 2.79 bits per heavy atom. The Hall–Kier alpha value is -0.930. The van der Waals surface area contributed by atoms with Crippen molar-refractivity contribution in [2.45, 2.75) is 39.0 Å². The Bertz CT molecular complexity index is 423. The second kappa shape index (κ2) is 8.28. The van der Waals surface area contributed by atoms with Crippen molar-refractivity contribution in [2.75, 3.05) is 6.54 Å². The summed E-state index contributed by atoms with van der Waals surface area (Å²) >= 11 is 5.69. The minimum absolute atomic E-state index is 0.0524. The topological polar surface area (TPSA) is 43.1 Å². The lowest BCUT2D eigenvalue weighted by molar-refractivity contribution is -0.118. The van der Waals surface area contributed by atoms with Crippen LogP contribution in [0.25, 0.3) is 0 Å². The molecule has 0 saturated carbocycles. The zero-order valence-electron chi connectivity index (χ0n) is 11.3. The second-order valence-corrected chi connectivity index (χ2v) is 5.23. The molecule has 2 nitrogen and oxygen atoms in total. The van der Waals surface area contributed by atoms with E-state index in [0.717, 1.165) is 19.3 Å². The van der Waals surface area contributed by atoms with Gasteiger partial charge in [-0.15, -0.1) is 0 Å². The smallest absolute Gasteiger partial charge is 0.145 e. The van der Waals surface area contributed by atoms with Crippen molar-refractivity contribution in [1.82, 2.24) is 0 Å². The highest BCUT2D eigenvalue weighted by atomic mass is 35.5. The first-order valence-corrected chi connectivity index (χ1v) is 7.10. The Kier molecular flexibility index (Phi) is 7.03. The van der Waals surface area contributed by atoms with Crippen molar-refractivity contribution in [3.8, 4) is 0 Å². The summed E-state index contributed by atoms with van der Waals surface area (Å²) in [5.41, 5.74) is 5.90. The van der Waals surface area contributed by atoms with Crippen LogP contribution in [0.3, 0.4) is 0 Å². The number of rotatable bonds is 8. The fourth-order valence-corrected chi connectivity index (χ4v) is 2.33. The quantitative estimate of drug-likeness (QED) is 0.790. The van der Waals surface area contributed by atoms with Gasteiger partial charge in [0.25, 0.3) is 0 Å². The molecule has 1 aromatic rings.